The van der Waals surface area contributed by atoms with Gasteiger partial charge >= 0.3 is 59.6 Å². The molecule has 2 aliphatic rings. The highest BCUT2D eigenvalue weighted by molar-refractivity contribution is 6.11. The largest absolute Gasteiger partial charge is 0.497 e. The van der Waals surface area contributed by atoms with Crippen LogP contribution in [0.2, 0.25) is 0 Å². The van der Waals surface area contributed by atoms with E-state index >= 15 is 0 Å². The summed E-state index contributed by atoms with van der Waals surface area (Å²) in [5.74, 6) is -64.6. The number of rotatable bonds is 15. The van der Waals surface area contributed by atoms with E-state index in [4.69, 9.17) is 9.47 Å². The van der Waals surface area contributed by atoms with Crippen LogP contribution in [0.15, 0.2) is 54.6 Å². The number of fused-ring (bicyclic) bond motifs is 1. The lowest BCUT2D eigenvalue weighted by Crippen LogP contribution is -2.74. The van der Waals surface area contributed by atoms with Gasteiger partial charge in [-0.2, -0.15) is 74.6 Å². The van der Waals surface area contributed by atoms with Gasteiger partial charge in [-0.15, -0.1) is 0 Å². The zero-order valence-corrected chi connectivity index (χ0v) is 31.0. The lowest BCUT2D eigenvalue weighted by molar-refractivity contribution is -0.461. The monoisotopic (exact) mass is 911 g/mol. The van der Waals surface area contributed by atoms with Crippen molar-refractivity contribution >= 4 is 29.5 Å². The Morgan fingerprint density at radius 1 is 0.705 bits per heavy atom. The molecule has 0 saturated carbocycles. The minimum absolute atomic E-state index is 0.0719. The van der Waals surface area contributed by atoms with Gasteiger partial charge in [0.15, 0.2) is 5.54 Å². The number of esters is 1. The number of ether oxygens (including phenoxy) is 2. The Morgan fingerprint density at radius 2 is 1.20 bits per heavy atom. The van der Waals surface area contributed by atoms with Gasteiger partial charge in [-0.3, -0.25) is 19.4 Å². The second-order valence-corrected chi connectivity index (χ2v) is 13.8. The molecule has 0 radical (unpaired) electrons. The SMILES string of the molecule is CCN1C(=O)[C@H]2[C@@H](c3ccc(OC)cc3)N(C(=O)Nc3ccccc3)[C@@](C)(C(=O)OCCCC(F)(F)C(F)(F)C(F)(F)C(F)(F)C(F)(F)C(F)(F)C(F)(F)C(F)(F)F)[C@H]2C1=O. The summed E-state index contributed by atoms with van der Waals surface area (Å²) in [7, 11) is 1.29. The topological polar surface area (TPSA) is 105 Å². The molecule has 0 aliphatic carbocycles. The highest BCUT2D eigenvalue weighted by Gasteiger charge is 2.95. The molecule has 0 unspecified atom stereocenters. The number of carbonyl (C=O) groups excluding carboxylic acids is 4. The van der Waals surface area contributed by atoms with Crippen LogP contribution in [0.4, 0.5) is 85.1 Å². The number of alkyl halides is 17. The first-order chi connectivity index (χ1) is 27.7. The molecule has 2 fully saturated rings. The first kappa shape index (κ1) is 48.6. The third kappa shape index (κ3) is 7.23. The second kappa shape index (κ2) is 15.7. The van der Waals surface area contributed by atoms with Gasteiger partial charge in [0, 0.05) is 18.7 Å². The molecular weight excluding hydrogens is 881 g/mol. The molecule has 0 bridgehead atoms. The number of anilines is 1. The number of hydrogen-bond acceptors (Lipinski definition) is 6. The van der Waals surface area contributed by atoms with Gasteiger partial charge in [0.05, 0.1) is 31.6 Å². The molecule has 2 aromatic rings. The highest BCUT2D eigenvalue weighted by Crippen LogP contribution is 2.64. The van der Waals surface area contributed by atoms with Crippen LogP contribution in [-0.4, -0.2) is 107 Å². The van der Waals surface area contributed by atoms with Gasteiger partial charge in [-0.1, -0.05) is 30.3 Å². The average Bonchev–Trinajstić information content (AvgIpc) is 3.60. The summed E-state index contributed by atoms with van der Waals surface area (Å²) >= 11 is 0. The maximum Gasteiger partial charge on any atom is 0.460 e. The van der Waals surface area contributed by atoms with Crippen molar-refractivity contribution < 1.29 is 103 Å². The van der Waals surface area contributed by atoms with Crippen LogP contribution in [0, 0.1) is 11.8 Å². The van der Waals surface area contributed by atoms with Crippen molar-refractivity contribution in [1.29, 1.82) is 0 Å². The molecule has 4 atom stereocenters. The third-order valence-electron chi connectivity index (χ3n) is 10.3. The van der Waals surface area contributed by atoms with Crippen LogP contribution < -0.4 is 10.1 Å². The fraction of sp³-hybridized carbons (Fsp3) is 0.543. The smallest absolute Gasteiger partial charge is 0.460 e. The number of likely N-dealkylation sites (tertiary alicyclic amines) is 2. The molecule has 2 aromatic carbocycles. The zero-order valence-electron chi connectivity index (χ0n) is 31.0. The van der Waals surface area contributed by atoms with E-state index in [9.17, 15) is 93.8 Å². The molecule has 26 heteroatoms. The maximum absolute atomic E-state index is 14.6. The van der Waals surface area contributed by atoms with Gasteiger partial charge in [0.25, 0.3) is 0 Å². The number of urea groups is 1. The second-order valence-electron chi connectivity index (χ2n) is 13.8. The van der Waals surface area contributed by atoms with E-state index in [1.165, 1.54) is 68.6 Å². The minimum Gasteiger partial charge on any atom is -0.497 e. The van der Waals surface area contributed by atoms with E-state index in [1.807, 2.05) is 0 Å². The molecule has 2 heterocycles. The van der Waals surface area contributed by atoms with Crippen LogP contribution in [0.1, 0.15) is 38.3 Å². The van der Waals surface area contributed by atoms with Gasteiger partial charge in [0.1, 0.15) is 5.75 Å². The summed E-state index contributed by atoms with van der Waals surface area (Å²) in [6.07, 6.45) is -12.6. The van der Waals surface area contributed by atoms with Gasteiger partial charge in [-0.25, -0.2) is 9.59 Å². The molecule has 1 N–H and O–H groups in total. The van der Waals surface area contributed by atoms with Gasteiger partial charge < -0.3 is 14.8 Å². The van der Waals surface area contributed by atoms with E-state index in [2.05, 4.69) is 5.32 Å². The Kier molecular flexibility index (Phi) is 12.5. The summed E-state index contributed by atoms with van der Waals surface area (Å²) in [4.78, 5) is 56.9. The number of methoxy groups -OCH3 is 1. The number of amides is 4. The minimum atomic E-state index is -8.79. The number of halogens is 17. The van der Waals surface area contributed by atoms with Crippen LogP contribution in [0.5, 0.6) is 5.75 Å². The van der Waals surface area contributed by atoms with Gasteiger partial charge in [0.2, 0.25) is 11.8 Å². The maximum atomic E-state index is 14.6. The van der Waals surface area contributed by atoms with Crippen molar-refractivity contribution in [1.82, 2.24) is 9.80 Å². The molecule has 9 nitrogen and oxygen atoms in total. The van der Waals surface area contributed by atoms with E-state index in [-0.39, 0.29) is 23.5 Å². The molecule has 0 spiro atoms. The Labute approximate surface area is 332 Å². The Hall–Kier alpha value is -5.07. The number of nitrogens with one attached hydrogen (secondary N) is 1. The molecule has 61 heavy (non-hydrogen) atoms. The molecule has 0 aromatic heterocycles. The normalized spacial score (nSPS) is 22.1. The first-order valence-corrected chi connectivity index (χ1v) is 17.2. The fourth-order valence-electron chi connectivity index (χ4n) is 6.95. The first-order valence-electron chi connectivity index (χ1n) is 17.2. The lowest BCUT2D eigenvalue weighted by atomic mass is 9.80. The van der Waals surface area contributed by atoms with Crippen molar-refractivity contribution in [2.45, 2.75) is 85.9 Å². The fourth-order valence-corrected chi connectivity index (χ4v) is 6.95. The number of para-hydroxylation sites is 1. The Balaban J connectivity index is 1.67. The van der Waals surface area contributed by atoms with Crippen molar-refractivity contribution in [2.75, 3.05) is 25.6 Å². The standard InChI is InChI=1S/C35H30F17N3O6/c1-4-54-23(56)20-21(24(54)57)27(2,55(26(59)53-18-9-6-5-7-10-18)22(20)17-11-13-19(60-3)14-12-17)25(58)61-16-8-15-28(36,37)29(38,39)30(40,41)31(42,43)32(44,45)33(46,47)34(48,49)35(50,51)52/h5-7,9-14,20-22H,4,8,15-16H2,1-3H3,(H,53,59)/t20-,21-,22-,27-/m1/s1. The van der Waals surface area contributed by atoms with Crippen molar-refractivity contribution in [3.05, 3.63) is 60.2 Å². The average molecular weight is 912 g/mol. The molecule has 2 saturated heterocycles. The molecule has 4 rings (SSSR count). The number of carbonyl (C=O) groups is 4. The molecule has 4 amide bonds. The Bertz CT molecular complexity index is 1980. The van der Waals surface area contributed by atoms with Crippen LogP contribution in [0.3, 0.4) is 0 Å². The number of hydrogen-bond donors (Lipinski definition) is 1. The van der Waals surface area contributed by atoms with Crippen LogP contribution in [-0.2, 0) is 19.1 Å². The van der Waals surface area contributed by atoms with Crippen LogP contribution in [0.25, 0.3) is 0 Å². The molecule has 340 valence electrons. The summed E-state index contributed by atoms with van der Waals surface area (Å²) in [6.45, 7) is 0.304. The van der Waals surface area contributed by atoms with Crippen molar-refractivity contribution in [3.8, 4) is 5.75 Å². The van der Waals surface area contributed by atoms with Crippen molar-refractivity contribution in [3.63, 3.8) is 0 Å². The number of benzene rings is 2. The molecule has 2 aliphatic heterocycles. The van der Waals surface area contributed by atoms with E-state index < -0.39 is 114 Å². The van der Waals surface area contributed by atoms with Gasteiger partial charge in [-0.05, 0) is 50.1 Å². The summed E-state index contributed by atoms with van der Waals surface area (Å²) in [5.41, 5.74) is -2.48. The zero-order chi connectivity index (χ0) is 46.7. The van der Waals surface area contributed by atoms with Crippen molar-refractivity contribution in [2.24, 2.45) is 11.8 Å². The molecular formula is C35H30F17N3O6. The quantitative estimate of drug-likeness (QED) is 0.0829. The van der Waals surface area contributed by atoms with E-state index in [1.54, 1.807) is 0 Å². The third-order valence-corrected chi connectivity index (χ3v) is 10.3. The summed E-state index contributed by atoms with van der Waals surface area (Å²) in [6, 6.07) is 9.86. The predicted molar refractivity (Wildman–Crippen MR) is 172 cm³/mol. The lowest BCUT2D eigenvalue weighted by Gasteiger charge is -2.42. The highest BCUT2D eigenvalue weighted by atomic mass is 19.4. The Morgan fingerprint density at radius 3 is 1.67 bits per heavy atom. The van der Waals surface area contributed by atoms with Crippen LogP contribution >= 0.6 is 0 Å². The summed E-state index contributed by atoms with van der Waals surface area (Å²) < 4.78 is 243. The summed E-state index contributed by atoms with van der Waals surface area (Å²) in [5, 5.41) is 2.43. The predicted octanol–water partition coefficient (Wildman–Crippen LogP) is 9.00. The number of imide groups is 1. The van der Waals surface area contributed by atoms with E-state index in [0.717, 1.165) is 6.92 Å². The van der Waals surface area contributed by atoms with E-state index in [0.29, 0.717) is 9.80 Å². The number of nitrogens with zero attached hydrogens (tertiary/aromatic N) is 2.